The predicted molar refractivity (Wildman–Crippen MR) is 171 cm³/mol. The van der Waals surface area contributed by atoms with Crippen LogP contribution in [0.2, 0.25) is 0 Å². The highest BCUT2D eigenvalue weighted by Gasteiger charge is 2.40. The molecule has 0 aromatic heterocycles. The molecule has 0 aliphatic heterocycles. The topological polar surface area (TPSA) is 108 Å². The molecule has 0 radical (unpaired) electrons. The van der Waals surface area contributed by atoms with E-state index in [0.29, 0.717) is 43.9 Å². The average Bonchev–Trinajstić information content (AvgIpc) is 2.97. The molecule has 0 heterocycles. The van der Waals surface area contributed by atoms with Gasteiger partial charge in [0.25, 0.3) is 0 Å². The maximum absolute atomic E-state index is 13.6. The van der Waals surface area contributed by atoms with Crippen LogP contribution >= 0.6 is 22.6 Å². The molecule has 1 aromatic carbocycles. The summed E-state index contributed by atoms with van der Waals surface area (Å²) in [6.07, 6.45) is 11.6. The molecule has 0 bridgehead atoms. The number of benzene rings is 1. The first-order chi connectivity index (χ1) is 19.9. The lowest BCUT2D eigenvalue weighted by atomic mass is 9.87. The molecule has 1 aliphatic rings. The zero-order chi connectivity index (χ0) is 29.9. The van der Waals surface area contributed by atoms with Gasteiger partial charge in [0.1, 0.15) is 18.0 Å². The van der Waals surface area contributed by atoms with E-state index in [2.05, 4.69) is 34.8 Å². The Labute approximate surface area is 260 Å². The largest absolute Gasteiger partial charge is 0.482 e. The van der Waals surface area contributed by atoms with Crippen LogP contribution in [0.4, 0.5) is 0 Å². The second kappa shape index (κ2) is 21.1. The molecular weight excluding hydrogens is 635 g/mol. The predicted octanol–water partition coefficient (Wildman–Crippen LogP) is 5.38. The van der Waals surface area contributed by atoms with Gasteiger partial charge in [-0.05, 0) is 60.6 Å². The number of nitrogens with one attached hydrogen (secondary N) is 1. The van der Waals surface area contributed by atoms with Crippen molar-refractivity contribution in [2.75, 3.05) is 32.9 Å². The Bertz CT molecular complexity index is 927. The van der Waals surface area contributed by atoms with Gasteiger partial charge in [0.2, 0.25) is 11.8 Å². The monoisotopic (exact) mass is 686 g/mol. The van der Waals surface area contributed by atoms with Crippen LogP contribution in [0.25, 0.3) is 0 Å². The average molecular weight is 687 g/mol. The zero-order valence-corrected chi connectivity index (χ0v) is 27.1. The summed E-state index contributed by atoms with van der Waals surface area (Å²) in [4.78, 5) is 28.3. The summed E-state index contributed by atoms with van der Waals surface area (Å²) < 4.78 is 12.6. The first-order valence-corrected chi connectivity index (χ1v) is 16.6. The van der Waals surface area contributed by atoms with Gasteiger partial charge in [0.05, 0.1) is 16.2 Å². The molecule has 8 nitrogen and oxygen atoms in total. The minimum atomic E-state index is -1.01. The Hall–Kier alpha value is -1.69. The first kappa shape index (κ1) is 35.5. The van der Waals surface area contributed by atoms with Crippen molar-refractivity contribution >= 4 is 34.4 Å². The van der Waals surface area contributed by atoms with Gasteiger partial charge in [0.15, 0.2) is 0 Å². The lowest BCUT2D eigenvalue weighted by molar-refractivity contribution is -0.139. The third-order valence-electron chi connectivity index (χ3n) is 7.42. The molecule has 2 rings (SSSR count). The van der Waals surface area contributed by atoms with Gasteiger partial charge >= 0.3 is 0 Å². The molecule has 2 amide bonds. The first-order valence-electron chi connectivity index (χ1n) is 15.5. The summed E-state index contributed by atoms with van der Waals surface area (Å²) in [6, 6.07) is 6.89. The number of hydrogen-bond donors (Lipinski definition) is 3. The molecule has 3 atom stereocenters. The summed E-state index contributed by atoms with van der Waals surface area (Å²) >= 11 is 2.18. The maximum atomic E-state index is 13.6. The van der Waals surface area contributed by atoms with Crippen molar-refractivity contribution in [1.82, 2.24) is 10.2 Å². The van der Waals surface area contributed by atoms with E-state index in [0.717, 1.165) is 22.8 Å². The fourth-order valence-corrected chi connectivity index (χ4v) is 5.67. The van der Waals surface area contributed by atoms with Crippen LogP contribution in [0, 0.1) is 3.57 Å². The van der Waals surface area contributed by atoms with E-state index in [-0.39, 0.29) is 31.4 Å². The normalized spacial score (nSPS) is 18.6. The van der Waals surface area contributed by atoms with Crippen LogP contribution in [0.5, 0.6) is 5.75 Å². The quantitative estimate of drug-likeness (QED) is 0.118. The number of ether oxygens (including phenoxy) is 2. The molecule has 1 aliphatic carbocycles. The molecule has 0 fully saturated rings. The number of halogens is 1. The number of unbranched alkanes of at least 4 members (excludes halogenated alkanes) is 8. The molecule has 1 aromatic rings. The molecule has 0 saturated carbocycles. The van der Waals surface area contributed by atoms with Gasteiger partial charge in [-0.1, -0.05) is 70.4 Å². The molecule has 0 spiro atoms. The number of aliphatic hydroxyl groups excluding tert-OH is 2. The fraction of sp³-hybridized carbons (Fsp3) is 0.688. The van der Waals surface area contributed by atoms with E-state index in [4.69, 9.17) is 9.47 Å². The van der Waals surface area contributed by atoms with Gasteiger partial charge in [0, 0.05) is 44.7 Å². The summed E-state index contributed by atoms with van der Waals surface area (Å²) in [5.41, 5.74) is 0.440. The maximum Gasteiger partial charge on any atom is 0.247 e. The molecule has 3 unspecified atom stereocenters. The molecule has 0 saturated heterocycles. The Balaban J connectivity index is 2.14. The Morgan fingerprint density at radius 1 is 1.02 bits per heavy atom. The standard InChI is InChI=1S/C32H51IN2O6/c1-3-5-6-7-8-9-10-11-12-18-30(37)35(20-15-22-40-4-2)27-23-25(32(39)34-19-21-36)24-29(31(27)38)41-28-17-14-13-16-26(28)33/h13-14,16-17,24,27,29,31,36,38H,3-12,15,18-23H2,1-2H3,(H,34,39). The van der Waals surface area contributed by atoms with Crippen molar-refractivity contribution in [3.8, 4) is 5.75 Å². The smallest absolute Gasteiger partial charge is 0.247 e. The van der Waals surface area contributed by atoms with Gasteiger partial charge in [-0.15, -0.1) is 0 Å². The SMILES string of the molecule is CCCCCCCCCCCC(=O)N(CCCOCC)C1CC(C(=O)NCCO)=CC(Oc2ccccc2I)C1O. The van der Waals surface area contributed by atoms with Crippen molar-refractivity contribution in [2.24, 2.45) is 0 Å². The van der Waals surface area contributed by atoms with Crippen LogP contribution in [0.3, 0.4) is 0 Å². The number of carbonyl (C=O) groups excluding carboxylic acids is 2. The lowest BCUT2D eigenvalue weighted by Gasteiger charge is -2.40. The van der Waals surface area contributed by atoms with E-state index in [1.807, 2.05) is 31.2 Å². The van der Waals surface area contributed by atoms with Gasteiger partial charge in [-0.25, -0.2) is 0 Å². The van der Waals surface area contributed by atoms with Crippen LogP contribution in [-0.4, -0.2) is 78.1 Å². The van der Waals surface area contributed by atoms with Crippen LogP contribution in [0.15, 0.2) is 35.9 Å². The van der Waals surface area contributed by atoms with Gasteiger partial charge < -0.3 is 29.9 Å². The summed E-state index contributed by atoms with van der Waals surface area (Å²) in [5, 5.41) is 23.5. The minimum Gasteiger partial charge on any atom is -0.482 e. The Kier molecular flexibility index (Phi) is 18.2. The van der Waals surface area contributed by atoms with Gasteiger partial charge in [-0.2, -0.15) is 0 Å². The van der Waals surface area contributed by atoms with E-state index in [1.54, 1.807) is 11.0 Å². The Morgan fingerprint density at radius 2 is 1.71 bits per heavy atom. The highest BCUT2D eigenvalue weighted by molar-refractivity contribution is 14.1. The van der Waals surface area contributed by atoms with Crippen LogP contribution in [-0.2, 0) is 14.3 Å². The van der Waals surface area contributed by atoms with Crippen molar-refractivity contribution in [2.45, 2.75) is 109 Å². The third-order valence-corrected chi connectivity index (χ3v) is 8.31. The number of para-hydroxylation sites is 1. The number of amides is 2. The van der Waals surface area contributed by atoms with E-state index < -0.39 is 18.2 Å². The number of nitrogens with zero attached hydrogens (tertiary/aromatic N) is 1. The minimum absolute atomic E-state index is 0.0152. The van der Waals surface area contributed by atoms with Crippen molar-refractivity contribution in [3.05, 3.63) is 39.5 Å². The zero-order valence-electron chi connectivity index (χ0n) is 25.0. The molecule has 232 valence electrons. The summed E-state index contributed by atoms with van der Waals surface area (Å²) in [6.45, 7) is 5.66. The summed E-state index contributed by atoms with van der Waals surface area (Å²) in [5.74, 6) is 0.264. The number of aliphatic hydroxyl groups is 2. The van der Waals surface area contributed by atoms with Crippen LogP contribution < -0.4 is 10.1 Å². The Morgan fingerprint density at radius 3 is 2.37 bits per heavy atom. The van der Waals surface area contributed by atoms with E-state index in [9.17, 15) is 19.8 Å². The number of rotatable bonds is 21. The van der Waals surface area contributed by atoms with E-state index >= 15 is 0 Å². The molecular formula is C32H51IN2O6. The fourth-order valence-electron chi connectivity index (χ4n) is 5.15. The molecule has 3 N–H and O–H groups in total. The number of carbonyl (C=O) groups is 2. The third kappa shape index (κ3) is 13.0. The van der Waals surface area contributed by atoms with Crippen molar-refractivity contribution < 1.29 is 29.3 Å². The van der Waals surface area contributed by atoms with E-state index in [1.165, 1.54) is 38.5 Å². The lowest BCUT2D eigenvalue weighted by Crippen LogP contribution is -2.55. The van der Waals surface area contributed by atoms with Crippen molar-refractivity contribution in [3.63, 3.8) is 0 Å². The second-order valence-electron chi connectivity index (χ2n) is 10.7. The highest BCUT2D eigenvalue weighted by Crippen LogP contribution is 2.30. The number of hydrogen-bond acceptors (Lipinski definition) is 6. The summed E-state index contributed by atoms with van der Waals surface area (Å²) in [7, 11) is 0. The second-order valence-corrected chi connectivity index (χ2v) is 11.8. The molecule has 41 heavy (non-hydrogen) atoms. The van der Waals surface area contributed by atoms with Crippen molar-refractivity contribution in [1.29, 1.82) is 0 Å². The highest BCUT2D eigenvalue weighted by atomic mass is 127. The van der Waals surface area contributed by atoms with Crippen LogP contribution in [0.1, 0.15) is 90.9 Å². The van der Waals surface area contributed by atoms with Gasteiger partial charge in [-0.3, -0.25) is 9.59 Å². The molecule has 9 heteroatoms.